The normalized spacial score (nSPS) is 14.9. The van der Waals surface area contributed by atoms with Gasteiger partial charge in [-0.25, -0.2) is 0 Å². The average molecular weight is 179 g/mol. The van der Waals surface area contributed by atoms with Gasteiger partial charge < -0.3 is 15.0 Å². The Morgan fingerprint density at radius 2 is 2.00 bits per heavy atom. The van der Waals surface area contributed by atoms with Gasteiger partial charge in [-0.05, 0) is 12.0 Å². The lowest BCUT2D eigenvalue weighted by atomic mass is 9.91. The summed E-state index contributed by atoms with van der Waals surface area (Å²) in [5.41, 5.74) is -1.50. The molecular formula is C10H11O3-. The molecule has 0 aliphatic rings. The summed E-state index contributed by atoms with van der Waals surface area (Å²) in [6.07, 6.45) is 0.0966. The van der Waals surface area contributed by atoms with E-state index < -0.39 is 11.6 Å². The van der Waals surface area contributed by atoms with Gasteiger partial charge in [-0.1, -0.05) is 37.3 Å². The van der Waals surface area contributed by atoms with Gasteiger partial charge in [-0.2, -0.15) is 0 Å². The maximum Gasteiger partial charge on any atom is 0.129 e. The van der Waals surface area contributed by atoms with Gasteiger partial charge in [-0.15, -0.1) is 0 Å². The number of benzene rings is 1. The van der Waals surface area contributed by atoms with Gasteiger partial charge in [0.1, 0.15) is 5.60 Å². The van der Waals surface area contributed by atoms with Crippen molar-refractivity contribution in [2.45, 2.75) is 18.9 Å². The predicted molar refractivity (Wildman–Crippen MR) is 45.6 cm³/mol. The van der Waals surface area contributed by atoms with Crippen molar-refractivity contribution >= 4 is 5.97 Å². The van der Waals surface area contributed by atoms with E-state index >= 15 is 0 Å². The Labute approximate surface area is 76.6 Å². The molecule has 0 radical (unpaired) electrons. The van der Waals surface area contributed by atoms with Crippen LogP contribution in [-0.4, -0.2) is 11.1 Å². The summed E-state index contributed by atoms with van der Waals surface area (Å²) in [6.45, 7) is 1.60. The second-order valence-corrected chi connectivity index (χ2v) is 2.87. The largest absolute Gasteiger partial charge is 0.547 e. The monoisotopic (exact) mass is 179 g/mol. The molecule has 3 heteroatoms. The van der Waals surface area contributed by atoms with Crippen LogP contribution in [0.3, 0.4) is 0 Å². The SMILES string of the molecule is CC[C@](O)(C(=O)[O-])c1ccccc1. The lowest BCUT2D eigenvalue weighted by Crippen LogP contribution is -2.45. The van der Waals surface area contributed by atoms with Gasteiger partial charge in [0.15, 0.2) is 0 Å². The Morgan fingerprint density at radius 3 is 2.38 bits per heavy atom. The first kappa shape index (κ1) is 9.74. The van der Waals surface area contributed by atoms with Crippen LogP contribution >= 0.6 is 0 Å². The summed E-state index contributed by atoms with van der Waals surface area (Å²) >= 11 is 0. The quantitative estimate of drug-likeness (QED) is 0.712. The fraction of sp³-hybridized carbons (Fsp3) is 0.300. The van der Waals surface area contributed by atoms with E-state index in [4.69, 9.17) is 0 Å². The van der Waals surface area contributed by atoms with Gasteiger partial charge >= 0.3 is 0 Å². The first-order chi connectivity index (χ1) is 6.11. The lowest BCUT2D eigenvalue weighted by molar-refractivity contribution is -0.326. The molecule has 0 fully saturated rings. The standard InChI is InChI=1S/C10H12O3/c1-2-10(13,9(11)12)8-6-4-3-5-7-8/h3-7,13H,2H2,1H3,(H,11,12)/p-1/t10-/m1/s1. The van der Waals surface area contributed by atoms with Crippen LogP contribution in [0, 0.1) is 0 Å². The third kappa shape index (κ3) is 1.70. The van der Waals surface area contributed by atoms with E-state index in [1.165, 1.54) is 0 Å². The van der Waals surface area contributed by atoms with Crippen LogP contribution < -0.4 is 5.11 Å². The van der Waals surface area contributed by atoms with Gasteiger partial charge in [0, 0.05) is 0 Å². The Balaban J connectivity index is 3.11. The third-order valence-corrected chi connectivity index (χ3v) is 2.10. The fourth-order valence-corrected chi connectivity index (χ4v) is 1.18. The molecule has 0 unspecified atom stereocenters. The summed E-state index contributed by atoms with van der Waals surface area (Å²) in [6, 6.07) is 8.26. The molecule has 0 amide bonds. The molecule has 0 aliphatic heterocycles. The zero-order valence-corrected chi connectivity index (χ0v) is 7.36. The first-order valence-corrected chi connectivity index (χ1v) is 4.10. The topological polar surface area (TPSA) is 60.4 Å². The molecule has 1 aromatic carbocycles. The maximum atomic E-state index is 10.7. The van der Waals surface area contributed by atoms with E-state index in [0.29, 0.717) is 5.56 Å². The summed E-state index contributed by atoms with van der Waals surface area (Å²) in [5, 5.41) is 20.4. The summed E-state index contributed by atoms with van der Waals surface area (Å²) in [7, 11) is 0. The third-order valence-electron chi connectivity index (χ3n) is 2.10. The molecule has 13 heavy (non-hydrogen) atoms. The molecule has 70 valence electrons. The Morgan fingerprint density at radius 1 is 1.46 bits per heavy atom. The van der Waals surface area contributed by atoms with E-state index in [-0.39, 0.29) is 6.42 Å². The molecule has 0 saturated heterocycles. The van der Waals surface area contributed by atoms with E-state index in [9.17, 15) is 15.0 Å². The van der Waals surface area contributed by atoms with Gasteiger partial charge in [0.05, 0.1) is 5.97 Å². The maximum absolute atomic E-state index is 10.7. The highest BCUT2D eigenvalue weighted by molar-refractivity contribution is 5.76. The van der Waals surface area contributed by atoms with Crippen LogP contribution in [-0.2, 0) is 10.4 Å². The minimum absolute atomic E-state index is 0.0966. The Bertz CT molecular complexity index is 294. The van der Waals surface area contributed by atoms with Crippen LogP contribution in [0.1, 0.15) is 18.9 Å². The number of carboxylic acids is 1. The number of rotatable bonds is 3. The predicted octanol–water partition coefficient (Wildman–Crippen LogP) is 0.0341. The van der Waals surface area contributed by atoms with Crippen molar-refractivity contribution in [3.8, 4) is 0 Å². The molecule has 1 rings (SSSR count). The smallest absolute Gasteiger partial charge is 0.129 e. The zero-order chi connectivity index (χ0) is 9.90. The van der Waals surface area contributed by atoms with Gasteiger partial charge in [-0.3, -0.25) is 0 Å². The molecule has 0 saturated carbocycles. The van der Waals surface area contributed by atoms with Crippen LogP contribution in [0.15, 0.2) is 30.3 Å². The molecule has 1 aromatic rings. The molecule has 0 spiro atoms. The highest BCUT2D eigenvalue weighted by Crippen LogP contribution is 2.23. The van der Waals surface area contributed by atoms with Gasteiger partial charge in [0.2, 0.25) is 0 Å². The second-order valence-electron chi connectivity index (χ2n) is 2.87. The fourth-order valence-electron chi connectivity index (χ4n) is 1.18. The van der Waals surface area contributed by atoms with Crippen molar-refractivity contribution in [3.05, 3.63) is 35.9 Å². The molecule has 1 N–H and O–H groups in total. The molecule has 0 heterocycles. The molecule has 0 aliphatic carbocycles. The molecule has 0 aromatic heterocycles. The first-order valence-electron chi connectivity index (χ1n) is 4.10. The minimum Gasteiger partial charge on any atom is -0.547 e. The average Bonchev–Trinajstić information content (AvgIpc) is 2.17. The van der Waals surface area contributed by atoms with Crippen molar-refractivity contribution in [2.75, 3.05) is 0 Å². The number of carboxylic acid groups (broad SMARTS) is 1. The van der Waals surface area contributed by atoms with E-state index in [2.05, 4.69) is 0 Å². The van der Waals surface area contributed by atoms with Crippen LogP contribution in [0.2, 0.25) is 0 Å². The number of carbonyl (C=O) groups excluding carboxylic acids is 1. The van der Waals surface area contributed by atoms with Crippen LogP contribution in [0.4, 0.5) is 0 Å². The lowest BCUT2D eigenvalue weighted by Gasteiger charge is -2.28. The second kappa shape index (κ2) is 3.58. The number of carbonyl (C=O) groups is 1. The molecule has 0 bridgehead atoms. The van der Waals surface area contributed by atoms with Crippen molar-refractivity contribution in [2.24, 2.45) is 0 Å². The zero-order valence-electron chi connectivity index (χ0n) is 7.36. The number of hydrogen-bond donors (Lipinski definition) is 1. The minimum atomic E-state index is -1.86. The van der Waals surface area contributed by atoms with Crippen molar-refractivity contribution < 1.29 is 15.0 Å². The van der Waals surface area contributed by atoms with Crippen molar-refractivity contribution in [1.82, 2.24) is 0 Å². The summed E-state index contributed by atoms with van der Waals surface area (Å²) in [4.78, 5) is 10.7. The van der Waals surface area contributed by atoms with Crippen LogP contribution in [0.5, 0.6) is 0 Å². The van der Waals surface area contributed by atoms with E-state index in [1.807, 2.05) is 0 Å². The highest BCUT2D eigenvalue weighted by Gasteiger charge is 2.28. The number of hydrogen-bond acceptors (Lipinski definition) is 3. The number of aliphatic carboxylic acids is 1. The summed E-state index contributed by atoms with van der Waals surface area (Å²) < 4.78 is 0. The Kier molecular flexibility index (Phi) is 2.68. The molecule has 1 atom stereocenters. The van der Waals surface area contributed by atoms with Crippen molar-refractivity contribution in [1.29, 1.82) is 0 Å². The summed E-state index contributed by atoms with van der Waals surface area (Å²) in [5.74, 6) is -1.46. The van der Waals surface area contributed by atoms with Crippen molar-refractivity contribution in [3.63, 3.8) is 0 Å². The van der Waals surface area contributed by atoms with Crippen LogP contribution in [0.25, 0.3) is 0 Å². The van der Waals surface area contributed by atoms with E-state index in [1.54, 1.807) is 37.3 Å². The highest BCUT2D eigenvalue weighted by atomic mass is 16.4. The number of aliphatic hydroxyl groups is 1. The van der Waals surface area contributed by atoms with E-state index in [0.717, 1.165) is 0 Å². The Hall–Kier alpha value is -1.35. The van der Waals surface area contributed by atoms with Gasteiger partial charge in [0.25, 0.3) is 0 Å². The molecule has 3 nitrogen and oxygen atoms in total. The molecular weight excluding hydrogens is 168 g/mol.